The van der Waals surface area contributed by atoms with Gasteiger partial charge in [-0.25, -0.2) is 0 Å². The standard InChI is InChI=1S/C24H29N5O2/c1-30-22-9-10-23(24(13-22)31-2)28-15-20(25)17-29(18-21-8-4-6-12-27-21)16-19-7-3-5-11-26-14-19/h3-13,15,28H,14,16-18,25H2,1-2H3/b20-15-. The molecular formula is C24H29N5O2. The number of nitrogens with zero attached hydrogens (tertiary/aromatic N) is 3. The van der Waals surface area contributed by atoms with Crippen molar-refractivity contribution < 1.29 is 9.47 Å². The number of rotatable bonds is 10. The van der Waals surface area contributed by atoms with E-state index in [0.29, 0.717) is 31.1 Å². The second kappa shape index (κ2) is 11.6. The molecule has 0 saturated heterocycles. The van der Waals surface area contributed by atoms with Crippen LogP contribution in [0.3, 0.4) is 0 Å². The van der Waals surface area contributed by atoms with Gasteiger partial charge in [-0.2, -0.15) is 0 Å². The number of aromatic nitrogens is 1. The molecule has 0 fully saturated rings. The van der Waals surface area contributed by atoms with Crippen LogP contribution in [0.1, 0.15) is 5.69 Å². The molecule has 2 aromatic rings. The van der Waals surface area contributed by atoms with Gasteiger partial charge in [-0.1, -0.05) is 18.2 Å². The summed E-state index contributed by atoms with van der Waals surface area (Å²) >= 11 is 0. The van der Waals surface area contributed by atoms with E-state index in [1.54, 1.807) is 20.4 Å². The van der Waals surface area contributed by atoms with Crippen LogP contribution in [0.25, 0.3) is 0 Å². The number of pyridine rings is 1. The lowest BCUT2D eigenvalue weighted by Gasteiger charge is -2.23. The maximum atomic E-state index is 6.37. The van der Waals surface area contributed by atoms with Crippen LogP contribution in [-0.4, -0.2) is 50.0 Å². The first-order valence-corrected chi connectivity index (χ1v) is 10.1. The summed E-state index contributed by atoms with van der Waals surface area (Å²) in [6.45, 7) is 2.69. The van der Waals surface area contributed by atoms with Gasteiger partial charge in [-0.15, -0.1) is 0 Å². The number of anilines is 1. The van der Waals surface area contributed by atoms with Crippen molar-refractivity contribution in [3.05, 3.63) is 84.0 Å². The largest absolute Gasteiger partial charge is 0.497 e. The first-order chi connectivity index (χ1) is 15.2. The Labute approximate surface area is 183 Å². The van der Waals surface area contributed by atoms with Crippen molar-refractivity contribution in [3.63, 3.8) is 0 Å². The molecule has 3 rings (SSSR count). The number of ether oxygens (including phenoxy) is 2. The van der Waals surface area contributed by atoms with Crippen LogP contribution < -0.4 is 20.5 Å². The SMILES string of the molecule is COc1ccc(N/C=C(\N)CN(CC2=CC=CC=NC2)Cc2ccccn2)c(OC)c1. The van der Waals surface area contributed by atoms with Gasteiger partial charge in [0.25, 0.3) is 0 Å². The number of methoxy groups -OCH3 is 2. The Balaban J connectivity index is 1.70. The molecule has 0 bridgehead atoms. The maximum absolute atomic E-state index is 6.37. The van der Waals surface area contributed by atoms with Crippen molar-refractivity contribution in [3.8, 4) is 11.5 Å². The number of allylic oxidation sites excluding steroid dienone is 3. The van der Waals surface area contributed by atoms with Gasteiger partial charge < -0.3 is 20.5 Å². The van der Waals surface area contributed by atoms with E-state index in [1.807, 2.05) is 61.0 Å². The Morgan fingerprint density at radius 2 is 2.06 bits per heavy atom. The molecule has 1 aromatic heterocycles. The molecule has 0 amide bonds. The molecule has 0 unspecified atom stereocenters. The molecule has 31 heavy (non-hydrogen) atoms. The van der Waals surface area contributed by atoms with E-state index in [1.165, 1.54) is 5.57 Å². The fourth-order valence-electron chi connectivity index (χ4n) is 3.20. The molecule has 1 aliphatic heterocycles. The predicted octanol–water partition coefficient (Wildman–Crippen LogP) is 3.38. The number of benzene rings is 1. The smallest absolute Gasteiger partial charge is 0.145 e. The van der Waals surface area contributed by atoms with Crippen LogP contribution in [0.5, 0.6) is 11.5 Å². The van der Waals surface area contributed by atoms with E-state index in [2.05, 4.69) is 26.3 Å². The van der Waals surface area contributed by atoms with E-state index >= 15 is 0 Å². The van der Waals surface area contributed by atoms with E-state index in [4.69, 9.17) is 15.2 Å². The Morgan fingerprint density at radius 3 is 2.84 bits per heavy atom. The zero-order valence-corrected chi connectivity index (χ0v) is 18.0. The molecule has 0 aliphatic carbocycles. The first-order valence-electron chi connectivity index (χ1n) is 10.1. The second-order valence-corrected chi connectivity index (χ2v) is 7.10. The summed E-state index contributed by atoms with van der Waals surface area (Å²) in [7, 11) is 3.25. The summed E-state index contributed by atoms with van der Waals surface area (Å²) in [5.74, 6) is 1.41. The topological polar surface area (TPSA) is 85.0 Å². The highest BCUT2D eigenvalue weighted by molar-refractivity contribution is 5.72. The van der Waals surface area contributed by atoms with Crippen LogP contribution in [0.4, 0.5) is 5.69 Å². The van der Waals surface area contributed by atoms with Gasteiger partial charge in [0, 0.05) is 50.0 Å². The third-order valence-electron chi connectivity index (χ3n) is 4.70. The van der Waals surface area contributed by atoms with Crippen LogP contribution in [0.2, 0.25) is 0 Å². The molecule has 162 valence electrons. The lowest BCUT2D eigenvalue weighted by molar-refractivity contribution is 0.307. The third kappa shape index (κ3) is 7.01. The molecule has 1 aliphatic rings. The van der Waals surface area contributed by atoms with Gasteiger partial charge in [0.15, 0.2) is 0 Å². The molecule has 3 N–H and O–H groups in total. The number of nitrogens with one attached hydrogen (secondary N) is 1. The number of hydrogen-bond acceptors (Lipinski definition) is 7. The zero-order chi connectivity index (χ0) is 21.9. The molecule has 0 spiro atoms. The number of aliphatic imine (C=N–C) groups is 1. The number of hydrogen-bond donors (Lipinski definition) is 2. The minimum absolute atomic E-state index is 0.576. The van der Waals surface area contributed by atoms with E-state index < -0.39 is 0 Å². The number of nitrogens with two attached hydrogens (primary N) is 1. The third-order valence-corrected chi connectivity index (χ3v) is 4.70. The van der Waals surface area contributed by atoms with Gasteiger partial charge in [0.1, 0.15) is 11.5 Å². The summed E-state index contributed by atoms with van der Waals surface area (Å²) in [4.78, 5) is 11.1. The lowest BCUT2D eigenvalue weighted by Crippen LogP contribution is -2.31. The molecule has 0 atom stereocenters. The minimum atomic E-state index is 0.576. The summed E-state index contributed by atoms with van der Waals surface area (Å²) in [5, 5.41) is 3.24. The van der Waals surface area contributed by atoms with Gasteiger partial charge in [0.2, 0.25) is 0 Å². The molecule has 0 radical (unpaired) electrons. The van der Waals surface area contributed by atoms with Gasteiger partial charge >= 0.3 is 0 Å². The fourth-order valence-corrected chi connectivity index (χ4v) is 3.20. The summed E-state index contributed by atoms with van der Waals surface area (Å²) in [5.41, 5.74) is 10.1. The van der Waals surface area contributed by atoms with Crippen molar-refractivity contribution in [1.82, 2.24) is 9.88 Å². The predicted molar refractivity (Wildman–Crippen MR) is 126 cm³/mol. The molecule has 7 heteroatoms. The Bertz CT molecular complexity index is 967. The highest BCUT2D eigenvalue weighted by atomic mass is 16.5. The Morgan fingerprint density at radius 1 is 1.16 bits per heavy atom. The van der Waals surface area contributed by atoms with Crippen molar-refractivity contribution in [1.29, 1.82) is 0 Å². The Kier molecular flexibility index (Phi) is 8.25. The lowest BCUT2D eigenvalue weighted by atomic mass is 10.2. The van der Waals surface area contributed by atoms with Crippen molar-refractivity contribution in [2.24, 2.45) is 10.7 Å². The first kappa shape index (κ1) is 22.1. The fraction of sp³-hybridized carbons (Fsp3) is 0.250. The highest BCUT2D eigenvalue weighted by Gasteiger charge is 2.11. The van der Waals surface area contributed by atoms with Crippen molar-refractivity contribution in [2.75, 3.05) is 39.2 Å². The average molecular weight is 420 g/mol. The molecule has 7 nitrogen and oxygen atoms in total. The quantitative estimate of drug-likeness (QED) is 0.614. The summed E-state index contributed by atoms with van der Waals surface area (Å²) < 4.78 is 10.7. The normalized spacial score (nSPS) is 13.6. The van der Waals surface area contributed by atoms with Crippen LogP contribution in [-0.2, 0) is 6.54 Å². The zero-order valence-electron chi connectivity index (χ0n) is 18.0. The molecule has 2 heterocycles. The molecular weight excluding hydrogens is 390 g/mol. The summed E-state index contributed by atoms with van der Waals surface area (Å²) in [6.07, 6.45) is 11.5. The molecule has 1 aromatic carbocycles. The van der Waals surface area contributed by atoms with Crippen LogP contribution in [0.15, 0.2) is 83.3 Å². The summed E-state index contributed by atoms with van der Waals surface area (Å²) in [6, 6.07) is 11.5. The van der Waals surface area contributed by atoms with E-state index in [-0.39, 0.29) is 0 Å². The molecule has 0 saturated carbocycles. The monoisotopic (exact) mass is 419 g/mol. The van der Waals surface area contributed by atoms with Gasteiger partial charge in [-0.05, 0) is 35.9 Å². The second-order valence-electron chi connectivity index (χ2n) is 7.10. The van der Waals surface area contributed by atoms with Crippen LogP contribution in [0, 0.1) is 0 Å². The Hall–Kier alpha value is -3.58. The van der Waals surface area contributed by atoms with Gasteiger partial charge in [0.05, 0.1) is 32.1 Å². The average Bonchev–Trinajstić information content (AvgIpc) is 3.07. The van der Waals surface area contributed by atoms with Gasteiger partial charge in [-0.3, -0.25) is 14.9 Å². The maximum Gasteiger partial charge on any atom is 0.145 e. The van der Waals surface area contributed by atoms with Crippen molar-refractivity contribution >= 4 is 11.9 Å². The highest BCUT2D eigenvalue weighted by Crippen LogP contribution is 2.29. The van der Waals surface area contributed by atoms with E-state index in [9.17, 15) is 0 Å². The van der Waals surface area contributed by atoms with Crippen LogP contribution >= 0.6 is 0 Å². The van der Waals surface area contributed by atoms with E-state index in [0.717, 1.165) is 23.7 Å². The minimum Gasteiger partial charge on any atom is -0.497 e. The van der Waals surface area contributed by atoms with Crippen molar-refractivity contribution in [2.45, 2.75) is 6.54 Å².